The van der Waals surface area contributed by atoms with E-state index in [-0.39, 0.29) is 11.4 Å². The monoisotopic (exact) mass is 289 g/mol. The van der Waals surface area contributed by atoms with Crippen molar-refractivity contribution in [2.75, 3.05) is 0 Å². The molecule has 2 aliphatic rings. The van der Waals surface area contributed by atoms with Crippen molar-refractivity contribution in [3.8, 4) is 0 Å². The zero-order chi connectivity index (χ0) is 14.8. The molecule has 3 rings (SSSR count). The number of aromatic nitrogens is 2. The van der Waals surface area contributed by atoms with Gasteiger partial charge in [0.2, 0.25) is 0 Å². The van der Waals surface area contributed by atoms with Gasteiger partial charge >= 0.3 is 0 Å². The SMILES string of the molecule is CC12CCCCCCC(C(=O)n3ccnc3)(CCCC1)N2. The van der Waals surface area contributed by atoms with E-state index < -0.39 is 5.54 Å². The Balaban J connectivity index is 1.95. The number of imidazole rings is 1. The molecule has 0 aliphatic carbocycles. The Hall–Kier alpha value is -1.16. The minimum Gasteiger partial charge on any atom is -0.298 e. The van der Waals surface area contributed by atoms with Gasteiger partial charge in [-0.3, -0.25) is 14.7 Å². The molecular weight excluding hydrogens is 262 g/mol. The van der Waals surface area contributed by atoms with Gasteiger partial charge in [-0.2, -0.15) is 0 Å². The molecule has 2 bridgehead atoms. The molecule has 4 nitrogen and oxygen atoms in total. The molecule has 2 saturated heterocycles. The van der Waals surface area contributed by atoms with E-state index in [1.165, 1.54) is 38.5 Å². The average Bonchev–Trinajstić information content (AvgIpc) is 2.95. The Morgan fingerprint density at radius 1 is 1.05 bits per heavy atom. The maximum absolute atomic E-state index is 13.1. The third kappa shape index (κ3) is 3.05. The van der Waals surface area contributed by atoms with Gasteiger partial charge in [-0.1, -0.05) is 38.5 Å². The topological polar surface area (TPSA) is 46.9 Å². The van der Waals surface area contributed by atoms with Crippen LogP contribution >= 0.6 is 0 Å². The normalized spacial score (nSPS) is 34.3. The molecule has 1 N–H and O–H groups in total. The number of hydrogen-bond donors (Lipinski definition) is 1. The first kappa shape index (κ1) is 14.8. The summed E-state index contributed by atoms with van der Waals surface area (Å²) in [5, 5.41) is 3.84. The van der Waals surface area contributed by atoms with Gasteiger partial charge in [-0.05, 0) is 32.6 Å². The second kappa shape index (κ2) is 5.91. The van der Waals surface area contributed by atoms with Crippen LogP contribution in [0.25, 0.3) is 0 Å². The van der Waals surface area contributed by atoms with E-state index in [4.69, 9.17) is 0 Å². The third-order valence-electron chi connectivity index (χ3n) is 5.35. The Morgan fingerprint density at radius 2 is 1.67 bits per heavy atom. The van der Waals surface area contributed by atoms with Crippen LogP contribution in [0.4, 0.5) is 0 Å². The Morgan fingerprint density at radius 3 is 2.33 bits per heavy atom. The molecule has 2 fully saturated rings. The summed E-state index contributed by atoms with van der Waals surface area (Å²) in [6.07, 6.45) is 16.7. The minimum atomic E-state index is -0.393. The first-order chi connectivity index (χ1) is 10.1. The zero-order valence-electron chi connectivity index (χ0n) is 13.1. The maximum atomic E-state index is 13.1. The van der Waals surface area contributed by atoms with Crippen molar-refractivity contribution in [1.82, 2.24) is 14.9 Å². The summed E-state index contributed by atoms with van der Waals surface area (Å²) in [4.78, 5) is 17.2. The van der Waals surface area contributed by atoms with Gasteiger partial charge in [0.05, 0.1) is 5.54 Å². The molecule has 4 heteroatoms. The van der Waals surface area contributed by atoms with Gasteiger partial charge in [0.25, 0.3) is 5.91 Å². The summed E-state index contributed by atoms with van der Waals surface area (Å²) in [5.41, 5.74) is -0.284. The summed E-state index contributed by atoms with van der Waals surface area (Å²) < 4.78 is 1.68. The van der Waals surface area contributed by atoms with Gasteiger partial charge in [-0.15, -0.1) is 0 Å². The predicted octanol–water partition coefficient (Wildman–Crippen LogP) is 3.54. The second-order valence-corrected chi connectivity index (χ2v) is 7.16. The zero-order valence-corrected chi connectivity index (χ0v) is 13.1. The smallest absolute Gasteiger partial charge is 0.252 e. The molecule has 3 heterocycles. The van der Waals surface area contributed by atoms with Crippen molar-refractivity contribution in [1.29, 1.82) is 0 Å². The number of fused-ring (bicyclic) bond motifs is 2. The molecule has 0 saturated carbocycles. The Kier molecular flexibility index (Phi) is 4.16. The van der Waals surface area contributed by atoms with Gasteiger partial charge < -0.3 is 0 Å². The highest BCUT2D eigenvalue weighted by molar-refractivity contribution is 5.88. The fraction of sp³-hybridized carbons (Fsp3) is 0.765. The van der Waals surface area contributed by atoms with Gasteiger partial charge in [0, 0.05) is 17.9 Å². The molecule has 2 aliphatic heterocycles. The largest absolute Gasteiger partial charge is 0.298 e. The van der Waals surface area contributed by atoms with E-state index in [1.807, 2.05) is 0 Å². The lowest BCUT2D eigenvalue weighted by Gasteiger charge is -2.40. The number of rotatable bonds is 1. The van der Waals surface area contributed by atoms with Crippen LogP contribution in [0.15, 0.2) is 18.7 Å². The highest BCUT2D eigenvalue weighted by Gasteiger charge is 2.45. The molecule has 1 aromatic heterocycles. The van der Waals surface area contributed by atoms with E-state index in [0.29, 0.717) is 0 Å². The lowest BCUT2D eigenvalue weighted by Crippen LogP contribution is -2.60. The predicted molar refractivity (Wildman–Crippen MR) is 83.3 cm³/mol. The van der Waals surface area contributed by atoms with Gasteiger partial charge in [0.1, 0.15) is 6.33 Å². The fourth-order valence-corrected chi connectivity index (χ4v) is 4.21. The Labute approximate surface area is 127 Å². The maximum Gasteiger partial charge on any atom is 0.252 e. The van der Waals surface area contributed by atoms with Crippen molar-refractivity contribution in [2.45, 2.75) is 82.2 Å². The number of nitrogens with zero attached hydrogens (tertiary/aromatic N) is 2. The lowest BCUT2D eigenvalue weighted by atomic mass is 9.85. The summed E-state index contributed by atoms with van der Waals surface area (Å²) in [7, 11) is 0. The molecule has 0 aromatic carbocycles. The van der Waals surface area contributed by atoms with Crippen molar-refractivity contribution in [3.63, 3.8) is 0 Å². The van der Waals surface area contributed by atoms with Crippen LogP contribution < -0.4 is 5.32 Å². The van der Waals surface area contributed by atoms with Crippen molar-refractivity contribution in [2.24, 2.45) is 0 Å². The first-order valence-corrected chi connectivity index (χ1v) is 8.46. The van der Waals surface area contributed by atoms with Crippen LogP contribution in [0.3, 0.4) is 0 Å². The molecule has 1 aromatic rings. The summed E-state index contributed by atoms with van der Waals surface area (Å²) in [6, 6.07) is 0. The number of hydrogen-bond acceptors (Lipinski definition) is 3. The van der Waals surface area contributed by atoms with Crippen LogP contribution in [-0.2, 0) is 0 Å². The molecule has 116 valence electrons. The minimum absolute atomic E-state index is 0.108. The van der Waals surface area contributed by atoms with Crippen LogP contribution in [0.5, 0.6) is 0 Å². The van der Waals surface area contributed by atoms with Crippen LogP contribution in [0.1, 0.15) is 75.9 Å². The summed E-state index contributed by atoms with van der Waals surface area (Å²) >= 11 is 0. The third-order valence-corrected chi connectivity index (χ3v) is 5.35. The van der Waals surface area contributed by atoms with E-state index in [0.717, 1.165) is 25.7 Å². The lowest BCUT2D eigenvalue weighted by molar-refractivity contribution is 0.0685. The summed E-state index contributed by atoms with van der Waals surface area (Å²) in [5.74, 6) is 0.190. The average molecular weight is 289 g/mol. The Bertz CT molecular complexity index is 484. The first-order valence-electron chi connectivity index (χ1n) is 8.46. The number of carbonyl (C=O) groups excluding carboxylic acids is 1. The second-order valence-electron chi connectivity index (χ2n) is 7.16. The van der Waals surface area contributed by atoms with Crippen molar-refractivity contribution >= 4 is 5.91 Å². The quantitative estimate of drug-likeness (QED) is 0.860. The molecule has 2 unspecified atom stereocenters. The molecule has 21 heavy (non-hydrogen) atoms. The molecular formula is C17H27N3O. The van der Waals surface area contributed by atoms with E-state index in [1.54, 1.807) is 23.3 Å². The number of nitrogens with one attached hydrogen (secondary N) is 1. The highest BCUT2D eigenvalue weighted by atomic mass is 16.2. The molecule has 0 radical (unpaired) electrons. The van der Waals surface area contributed by atoms with Crippen LogP contribution in [0.2, 0.25) is 0 Å². The number of carbonyl (C=O) groups is 1. The van der Waals surface area contributed by atoms with E-state index in [2.05, 4.69) is 17.2 Å². The standard InChI is InChI=1S/C17H27N3O/c1-16-8-4-2-3-5-10-17(19-16,11-7-6-9-16)15(21)20-13-12-18-14-20/h12-14,19H,2-11H2,1H3. The van der Waals surface area contributed by atoms with Crippen LogP contribution in [-0.4, -0.2) is 26.5 Å². The highest BCUT2D eigenvalue weighted by Crippen LogP contribution is 2.36. The van der Waals surface area contributed by atoms with Crippen molar-refractivity contribution < 1.29 is 4.79 Å². The molecule has 0 spiro atoms. The van der Waals surface area contributed by atoms with E-state index >= 15 is 0 Å². The summed E-state index contributed by atoms with van der Waals surface area (Å²) in [6.45, 7) is 2.32. The van der Waals surface area contributed by atoms with Crippen LogP contribution in [0, 0.1) is 0 Å². The van der Waals surface area contributed by atoms with Gasteiger partial charge in [0.15, 0.2) is 0 Å². The van der Waals surface area contributed by atoms with Crippen molar-refractivity contribution in [3.05, 3.63) is 18.7 Å². The fourth-order valence-electron chi connectivity index (χ4n) is 4.21. The van der Waals surface area contributed by atoms with E-state index in [9.17, 15) is 4.79 Å². The molecule has 2 atom stereocenters. The molecule has 0 amide bonds. The van der Waals surface area contributed by atoms with Gasteiger partial charge in [-0.25, -0.2) is 4.98 Å².